The zero-order valence-electron chi connectivity index (χ0n) is 12.1. The van der Waals surface area contributed by atoms with Crippen molar-refractivity contribution < 1.29 is 19.1 Å². The second kappa shape index (κ2) is 6.99. The average molecular weight is 284 g/mol. The third-order valence-corrected chi connectivity index (χ3v) is 2.60. The average Bonchev–Trinajstić information content (AvgIpc) is 2.75. The number of carbonyl (C=O) groups is 2. The zero-order chi connectivity index (χ0) is 15.3. The van der Waals surface area contributed by atoms with Gasteiger partial charge in [0.15, 0.2) is 0 Å². The van der Waals surface area contributed by atoms with E-state index in [1.165, 1.54) is 4.90 Å². The number of nitrogens with zero attached hydrogens (tertiary/aromatic N) is 3. The monoisotopic (exact) mass is 284 g/mol. The van der Waals surface area contributed by atoms with Crippen LogP contribution in [0, 0.1) is 0 Å². The summed E-state index contributed by atoms with van der Waals surface area (Å²) in [5.74, 6) is -0.857. The van der Waals surface area contributed by atoms with Crippen LogP contribution in [0.4, 0.5) is 6.01 Å². The molecule has 20 heavy (non-hydrogen) atoms. The molecule has 8 nitrogen and oxygen atoms in total. The first kappa shape index (κ1) is 16.1. The van der Waals surface area contributed by atoms with Gasteiger partial charge in [-0.1, -0.05) is 18.9 Å². The minimum Gasteiger partial charge on any atom is -0.480 e. The van der Waals surface area contributed by atoms with Crippen molar-refractivity contribution in [1.82, 2.24) is 15.1 Å². The van der Waals surface area contributed by atoms with Crippen LogP contribution in [-0.2, 0) is 9.59 Å². The Kier molecular flexibility index (Phi) is 5.63. The van der Waals surface area contributed by atoms with Crippen molar-refractivity contribution in [3.63, 3.8) is 0 Å². The number of amides is 1. The molecule has 1 aromatic heterocycles. The van der Waals surface area contributed by atoms with E-state index in [2.05, 4.69) is 15.5 Å². The highest BCUT2D eigenvalue weighted by Crippen LogP contribution is 2.14. The van der Waals surface area contributed by atoms with Crippen molar-refractivity contribution >= 4 is 17.9 Å². The van der Waals surface area contributed by atoms with Crippen molar-refractivity contribution in [3.8, 4) is 0 Å². The maximum atomic E-state index is 11.8. The fraction of sp³-hybridized carbons (Fsp3) is 0.667. The molecule has 0 bridgehead atoms. The van der Waals surface area contributed by atoms with E-state index in [9.17, 15) is 9.59 Å². The number of anilines is 1. The van der Waals surface area contributed by atoms with E-state index in [-0.39, 0.29) is 37.0 Å². The Morgan fingerprint density at radius 2 is 1.90 bits per heavy atom. The molecule has 0 aliphatic heterocycles. The standard InChI is InChI=1S/C12H20N4O4/c1-7(2)11-14-15-12(20-11)13-9(17)5-16(8(3)4)6-10(18)19/h7-8H,5-6H2,1-4H3,(H,18,19)(H,13,15,17). The summed E-state index contributed by atoms with van der Waals surface area (Å²) in [6.07, 6.45) is 0. The van der Waals surface area contributed by atoms with Gasteiger partial charge < -0.3 is 9.52 Å². The van der Waals surface area contributed by atoms with Gasteiger partial charge in [0.2, 0.25) is 11.8 Å². The van der Waals surface area contributed by atoms with Gasteiger partial charge in [0, 0.05) is 12.0 Å². The molecule has 0 spiro atoms. The Labute approximate surface area is 117 Å². The van der Waals surface area contributed by atoms with Crippen LogP contribution in [0.5, 0.6) is 0 Å². The van der Waals surface area contributed by atoms with Crippen molar-refractivity contribution in [2.24, 2.45) is 0 Å². The quantitative estimate of drug-likeness (QED) is 0.766. The van der Waals surface area contributed by atoms with E-state index in [0.717, 1.165) is 0 Å². The fourth-order valence-electron chi connectivity index (χ4n) is 1.46. The predicted octanol–water partition coefficient (Wildman–Crippen LogP) is 0.926. The molecular formula is C12H20N4O4. The molecule has 0 saturated carbocycles. The molecule has 0 atom stereocenters. The smallest absolute Gasteiger partial charge is 0.322 e. The number of carboxylic acids is 1. The van der Waals surface area contributed by atoms with Gasteiger partial charge in [0.25, 0.3) is 0 Å². The van der Waals surface area contributed by atoms with Gasteiger partial charge in [0.1, 0.15) is 0 Å². The summed E-state index contributed by atoms with van der Waals surface area (Å²) in [6.45, 7) is 7.17. The summed E-state index contributed by atoms with van der Waals surface area (Å²) in [7, 11) is 0. The number of carbonyl (C=O) groups excluding carboxylic acids is 1. The van der Waals surface area contributed by atoms with Gasteiger partial charge in [0.05, 0.1) is 13.1 Å². The van der Waals surface area contributed by atoms with Gasteiger partial charge >= 0.3 is 12.0 Å². The Hall–Kier alpha value is -1.96. The van der Waals surface area contributed by atoms with E-state index in [4.69, 9.17) is 9.52 Å². The minimum absolute atomic E-state index is 0.0257. The second-order valence-electron chi connectivity index (χ2n) is 5.04. The van der Waals surface area contributed by atoms with Crippen molar-refractivity contribution in [3.05, 3.63) is 5.89 Å². The number of carboxylic acid groups (broad SMARTS) is 1. The molecule has 1 amide bonds. The van der Waals surface area contributed by atoms with E-state index in [0.29, 0.717) is 5.89 Å². The van der Waals surface area contributed by atoms with Crippen LogP contribution in [0.2, 0.25) is 0 Å². The Morgan fingerprint density at radius 1 is 1.25 bits per heavy atom. The lowest BCUT2D eigenvalue weighted by Gasteiger charge is -2.23. The van der Waals surface area contributed by atoms with Crippen LogP contribution < -0.4 is 5.32 Å². The molecule has 0 aromatic carbocycles. The summed E-state index contributed by atoms with van der Waals surface area (Å²) in [4.78, 5) is 24.1. The van der Waals surface area contributed by atoms with E-state index in [1.54, 1.807) is 0 Å². The molecule has 1 aromatic rings. The number of aliphatic carboxylic acids is 1. The number of hydrogen-bond acceptors (Lipinski definition) is 6. The third kappa shape index (κ3) is 4.96. The first-order valence-corrected chi connectivity index (χ1v) is 6.38. The second-order valence-corrected chi connectivity index (χ2v) is 5.04. The van der Waals surface area contributed by atoms with Crippen molar-refractivity contribution in [2.75, 3.05) is 18.4 Å². The molecule has 8 heteroatoms. The maximum Gasteiger partial charge on any atom is 0.322 e. The molecule has 0 unspecified atom stereocenters. The van der Waals surface area contributed by atoms with Crippen LogP contribution in [0.15, 0.2) is 4.42 Å². The summed E-state index contributed by atoms with van der Waals surface area (Å²) >= 11 is 0. The lowest BCUT2D eigenvalue weighted by atomic mass is 10.2. The van der Waals surface area contributed by atoms with Crippen LogP contribution in [0.3, 0.4) is 0 Å². The van der Waals surface area contributed by atoms with Crippen molar-refractivity contribution in [1.29, 1.82) is 0 Å². The topological polar surface area (TPSA) is 109 Å². The first-order valence-electron chi connectivity index (χ1n) is 6.38. The van der Waals surface area contributed by atoms with E-state index >= 15 is 0 Å². The summed E-state index contributed by atoms with van der Waals surface area (Å²) in [5, 5.41) is 18.7. The molecule has 0 fully saturated rings. The predicted molar refractivity (Wildman–Crippen MR) is 71.4 cm³/mol. The molecule has 0 radical (unpaired) electrons. The lowest BCUT2D eigenvalue weighted by Crippen LogP contribution is -2.41. The van der Waals surface area contributed by atoms with Crippen LogP contribution in [0.1, 0.15) is 39.5 Å². The first-order chi connectivity index (χ1) is 9.29. The van der Waals surface area contributed by atoms with Gasteiger partial charge in [-0.15, -0.1) is 5.10 Å². The van der Waals surface area contributed by atoms with E-state index < -0.39 is 5.97 Å². The largest absolute Gasteiger partial charge is 0.480 e. The Balaban J connectivity index is 2.58. The molecule has 0 aliphatic carbocycles. The van der Waals surface area contributed by atoms with Crippen molar-refractivity contribution in [2.45, 2.75) is 39.7 Å². The Bertz CT molecular complexity index is 470. The van der Waals surface area contributed by atoms with E-state index in [1.807, 2.05) is 27.7 Å². The molecule has 112 valence electrons. The molecule has 2 N–H and O–H groups in total. The van der Waals surface area contributed by atoms with Gasteiger partial charge in [-0.25, -0.2) is 0 Å². The molecular weight excluding hydrogens is 264 g/mol. The summed E-state index contributed by atoms with van der Waals surface area (Å²) < 4.78 is 5.25. The number of hydrogen-bond donors (Lipinski definition) is 2. The fourth-order valence-corrected chi connectivity index (χ4v) is 1.46. The zero-order valence-corrected chi connectivity index (χ0v) is 12.1. The normalized spacial score (nSPS) is 11.3. The molecule has 0 aliphatic rings. The van der Waals surface area contributed by atoms with Gasteiger partial charge in [-0.2, -0.15) is 0 Å². The van der Waals surface area contributed by atoms with Crippen LogP contribution in [0.25, 0.3) is 0 Å². The highest BCUT2D eigenvalue weighted by molar-refractivity contribution is 5.90. The highest BCUT2D eigenvalue weighted by atomic mass is 16.4. The molecule has 1 heterocycles. The van der Waals surface area contributed by atoms with Gasteiger partial charge in [-0.3, -0.25) is 19.8 Å². The summed E-state index contributed by atoms with van der Waals surface area (Å²) in [6, 6.07) is -0.0384. The maximum absolute atomic E-state index is 11.8. The third-order valence-electron chi connectivity index (χ3n) is 2.60. The number of nitrogens with one attached hydrogen (secondary N) is 1. The summed E-state index contributed by atoms with van der Waals surface area (Å²) in [5.41, 5.74) is 0. The Morgan fingerprint density at radius 3 is 2.35 bits per heavy atom. The number of aromatic nitrogens is 2. The highest BCUT2D eigenvalue weighted by Gasteiger charge is 2.18. The van der Waals surface area contributed by atoms with Crippen LogP contribution in [-0.4, -0.2) is 51.2 Å². The molecule has 0 saturated heterocycles. The number of rotatable bonds is 7. The molecule has 1 rings (SSSR count). The lowest BCUT2D eigenvalue weighted by molar-refractivity contribution is -0.139. The minimum atomic E-state index is -0.980. The SMILES string of the molecule is CC(C)c1nnc(NC(=O)CN(CC(=O)O)C(C)C)o1. The van der Waals surface area contributed by atoms with Crippen LogP contribution >= 0.6 is 0 Å². The van der Waals surface area contributed by atoms with Gasteiger partial charge in [-0.05, 0) is 13.8 Å².